The van der Waals surface area contributed by atoms with Gasteiger partial charge < -0.3 is 0 Å². The first kappa shape index (κ1) is 22.7. The average molecular weight is 384 g/mol. The highest BCUT2D eigenvalue weighted by Gasteiger charge is 2.16. The van der Waals surface area contributed by atoms with Crippen LogP contribution in [0.5, 0.6) is 0 Å². The van der Waals surface area contributed by atoms with Gasteiger partial charge in [0.05, 0.1) is 0 Å². The molecule has 0 saturated heterocycles. The Morgan fingerprint density at radius 1 is 0.739 bits per heavy atom. The van der Waals surface area contributed by atoms with Gasteiger partial charge in [-0.3, -0.25) is 4.90 Å². The van der Waals surface area contributed by atoms with Gasteiger partial charge in [-0.05, 0) is 25.1 Å². The smallest absolute Gasteiger partial charge is 0.0347 e. The Bertz CT molecular complexity index is 348. The molecule has 0 N–H and O–H groups in total. The molecule has 0 spiro atoms. The highest BCUT2D eigenvalue weighted by atomic mass is 79.9. The minimum atomic E-state index is 0. The van der Waals surface area contributed by atoms with Gasteiger partial charge in [-0.2, -0.15) is 0 Å². The van der Waals surface area contributed by atoms with Gasteiger partial charge in [0.25, 0.3) is 0 Å². The molecule has 0 radical (unpaired) electrons. The normalized spacial score (nSPS) is 12.2. The number of unbranched alkanes of at least 4 members (excludes halogenated alkanes) is 7. The van der Waals surface area contributed by atoms with E-state index in [2.05, 4.69) is 56.0 Å². The third-order valence-corrected chi connectivity index (χ3v) is 4.77. The minimum absolute atomic E-state index is 0. The fraction of sp³-hybridized carbons (Fsp3) is 0.714. The predicted molar refractivity (Wildman–Crippen MR) is 110 cm³/mol. The molecule has 1 rings (SSSR count). The van der Waals surface area contributed by atoms with E-state index in [1.165, 1.54) is 63.4 Å². The van der Waals surface area contributed by atoms with Crippen LogP contribution in [0, 0.1) is 0 Å². The molecule has 0 aliphatic carbocycles. The second-order valence-electron chi connectivity index (χ2n) is 6.41. The molecular formula is C21H38BrN. The van der Waals surface area contributed by atoms with E-state index in [-0.39, 0.29) is 17.0 Å². The van der Waals surface area contributed by atoms with Crippen LogP contribution in [0.4, 0.5) is 0 Å². The second-order valence-corrected chi connectivity index (χ2v) is 6.41. The van der Waals surface area contributed by atoms with Crippen molar-refractivity contribution in [2.24, 2.45) is 0 Å². The van der Waals surface area contributed by atoms with Gasteiger partial charge in [0.15, 0.2) is 0 Å². The van der Waals surface area contributed by atoms with Gasteiger partial charge in [-0.15, -0.1) is 17.0 Å². The first-order chi connectivity index (χ1) is 10.8. The molecule has 0 amide bonds. The molecule has 2 heteroatoms. The molecule has 1 nitrogen and oxygen atoms in total. The van der Waals surface area contributed by atoms with Crippen molar-refractivity contribution in [3.63, 3.8) is 0 Å². The average Bonchev–Trinajstić information content (AvgIpc) is 2.57. The number of rotatable bonds is 13. The van der Waals surface area contributed by atoms with Crippen LogP contribution in [0.25, 0.3) is 0 Å². The number of nitrogens with zero attached hydrogens (tertiary/aromatic N) is 1. The van der Waals surface area contributed by atoms with E-state index in [0.29, 0.717) is 6.04 Å². The zero-order chi connectivity index (χ0) is 16.0. The Morgan fingerprint density at radius 2 is 1.26 bits per heavy atom. The number of hydrogen-bond donors (Lipinski definition) is 0. The summed E-state index contributed by atoms with van der Waals surface area (Å²) in [4.78, 5) is 2.61. The highest BCUT2D eigenvalue weighted by molar-refractivity contribution is 8.93. The van der Waals surface area contributed by atoms with Crippen molar-refractivity contribution in [2.45, 2.75) is 84.6 Å². The second kappa shape index (κ2) is 15.2. The van der Waals surface area contributed by atoms with Crippen molar-refractivity contribution in [1.29, 1.82) is 0 Å². The van der Waals surface area contributed by atoms with E-state index >= 15 is 0 Å². The van der Waals surface area contributed by atoms with Crippen molar-refractivity contribution >= 4 is 17.0 Å². The predicted octanol–water partition coefficient (Wildman–Crippen LogP) is 7.18. The van der Waals surface area contributed by atoms with Gasteiger partial charge in [-0.1, -0.05) is 102 Å². The van der Waals surface area contributed by atoms with E-state index in [1.807, 2.05) is 0 Å². The minimum Gasteiger partial charge on any atom is -0.297 e. The summed E-state index contributed by atoms with van der Waals surface area (Å²) < 4.78 is 0. The zero-order valence-electron chi connectivity index (χ0n) is 15.6. The lowest BCUT2D eigenvalue weighted by Gasteiger charge is -2.30. The first-order valence-corrected chi connectivity index (χ1v) is 9.62. The lowest BCUT2D eigenvalue weighted by atomic mass is 9.98. The molecule has 0 fully saturated rings. The van der Waals surface area contributed by atoms with Crippen molar-refractivity contribution in [3.05, 3.63) is 35.9 Å². The van der Waals surface area contributed by atoms with Crippen molar-refractivity contribution in [2.75, 3.05) is 13.1 Å². The summed E-state index contributed by atoms with van der Waals surface area (Å²) in [5.41, 5.74) is 1.49. The summed E-state index contributed by atoms with van der Waals surface area (Å²) in [5.74, 6) is 0. The third-order valence-electron chi connectivity index (χ3n) is 4.77. The molecule has 0 heterocycles. The van der Waals surface area contributed by atoms with E-state index in [1.54, 1.807) is 0 Å². The van der Waals surface area contributed by atoms with Gasteiger partial charge in [0.2, 0.25) is 0 Å². The van der Waals surface area contributed by atoms with E-state index in [0.717, 1.165) is 13.1 Å². The van der Waals surface area contributed by atoms with Gasteiger partial charge in [-0.25, -0.2) is 0 Å². The molecule has 23 heavy (non-hydrogen) atoms. The Morgan fingerprint density at radius 3 is 1.78 bits per heavy atom. The molecule has 0 aliphatic rings. The molecule has 0 aromatic heterocycles. The van der Waals surface area contributed by atoms with Crippen molar-refractivity contribution in [1.82, 2.24) is 4.90 Å². The topological polar surface area (TPSA) is 3.24 Å². The Labute approximate surface area is 155 Å². The first-order valence-electron chi connectivity index (χ1n) is 9.62. The van der Waals surface area contributed by atoms with Gasteiger partial charge >= 0.3 is 0 Å². The Balaban J connectivity index is 0.00000484. The van der Waals surface area contributed by atoms with E-state index in [9.17, 15) is 0 Å². The fourth-order valence-electron chi connectivity index (χ4n) is 3.37. The zero-order valence-corrected chi connectivity index (χ0v) is 17.3. The molecule has 134 valence electrons. The Hall–Kier alpha value is -0.340. The van der Waals surface area contributed by atoms with E-state index < -0.39 is 0 Å². The molecule has 0 saturated carbocycles. The van der Waals surface area contributed by atoms with Crippen LogP contribution in [0.3, 0.4) is 0 Å². The van der Waals surface area contributed by atoms with E-state index in [4.69, 9.17) is 0 Å². The molecule has 1 aromatic rings. The standard InChI is InChI=1S/C21H37N.BrH/c1-4-7-8-9-10-11-12-16-19-21(22(5-2)6-3)20-17-14-13-15-18-20;/h13-15,17-18,21H,4-12,16,19H2,1-3H3;1H. The van der Waals surface area contributed by atoms with Crippen LogP contribution < -0.4 is 0 Å². The van der Waals surface area contributed by atoms with Gasteiger partial charge in [0, 0.05) is 6.04 Å². The maximum Gasteiger partial charge on any atom is 0.0347 e. The van der Waals surface area contributed by atoms with Crippen LogP contribution >= 0.6 is 17.0 Å². The molecule has 1 unspecified atom stereocenters. The van der Waals surface area contributed by atoms with Crippen molar-refractivity contribution < 1.29 is 0 Å². The summed E-state index contributed by atoms with van der Waals surface area (Å²) in [6, 6.07) is 11.7. The van der Waals surface area contributed by atoms with Crippen LogP contribution in [0.15, 0.2) is 30.3 Å². The molecule has 1 atom stereocenters. The summed E-state index contributed by atoms with van der Waals surface area (Å²) >= 11 is 0. The highest BCUT2D eigenvalue weighted by Crippen LogP contribution is 2.26. The Kier molecular flexibility index (Phi) is 15.0. The largest absolute Gasteiger partial charge is 0.297 e. The molecular weight excluding hydrogens is 346 g/mol. The monoisotopic (exact) mass is 383 g/mol. The summed E-state index contributed by atoms with van der Waals surface area (Å²) in [6.45, 7) is 9.15. The SMILES string of the molecule is Br.CCCCCCCCCCC(c1ccccc1)N(CC)CC. The summed E-state index contributed by atoms with van der Waals surface area (Å²) in [5, 5.41) is 0. The molecule has 1 aromatic carbocycles. The third kappa shape index (κ3) is 9.52. The van der Waals surface area contributed by atoms with Crippen molar-refractivity contribution in [3.8, 4) is 0 Å². The number of halogens is 1. The maximum atomic E-state index is 2.61. The number of benzene rings is 1. The lowest BCUT2D eigenvalue weighted by molar-refractivity contribution is 0.204. The quantitative estimate of drug-likeness (QED) is 0.326. The molecule has 0 aliphatic heterocycles. The van der Waals surface area contributed by atoms with Gasteiger partial charge in [0.1, 0.15) is 0 Å². The number of hydrogen-bond acceptors (Lipinski definition) is 1. The van der Waals surface area contributed by atoms with Crippen LogP contribution in [0.2, 0.25) is 0 Å². The summed E-state index contributed by atoms with van der Waals surface area (Å²) in [6.07, 6.45) is 12.6. The maximum absolute atomic E-state index is 2.61. The van der Waals surface area contributed by atoms with Crippen LogP contribution in [-0.2, 0) is 0 Å². The fourth-order valence-corrected chi connectivity index (χ4v) is 3.37. The molecule has 0 bridgehead atoms. The van der Waals surface area contributed by atoms with Crippen LogP contribution in [-0.4, -0.2) is 18.0 Å². The van der Waals surface area contributed by atoms with Crippen LogP contribution in [0.1, 0.15) is 90.2 Å². The lowest BCUT2D eigenvalue weighted by Crippen LogP contribution is -2.28. The summed E-state index contributed by atoms with van der Waals surface area (Å²) in [7, 11) is 0.